The molecular formula is C14H10BrClFNO3S. The van der Waals surface area contributed by atoms with Gasteiger partial charge in [0, 0.05) is 4.47 Å². The van der Waals surface area contributed by atoms with Gasteiger partial charge in [0.25, 0.3) is 10.0 Å². The number of nitrogens with one attached hydrogen (secondary N) is 1. The number of hydrogen-bond acceptors (Lipinski definition) is 3. The lowest BCUT2D eigenvalue weighted by Gasteiger charge is -2.09. The van der Waals surface area contributed by atoms with Crippen molar-refractivity contribution in [3.05, 3.63) is 63.3 Å². The van der Waals surface area contributed by atoms with Crippen LogP contribution in [0.25, 0.3) is 0 Å². The molecule has 1 amide bonds. The summed E-state index contributed by atoms with van der Waals surface area (Å²) in [6.07, 6.45) is -0.290. The van der Waals surface area contributed by atoms with E-state index in [2.05, 4.69) is 15.9 Å². The van der Waals surface area contributed by atoms with Crippen LogP contribution in [0.5, 0.6) is 0 Å². The second-order valence-electron chi connectivity index (χ2n) is 4.37. The van der Waals surface area contributed by atoms with Crippen molar-refractivity contribution in [1.29, 1.82) is 0 Å². The number of sulfonamides is 1. The molecular weight excluding hydrogens is 397 g/mol. The summed E-state index contributed by atoms with van der Waals surface area (Å²) < 4.78 is 39.8. The second-order valence-corrected chi connectivity index (χ2v) is 7.28. The van der Waals surface area contributed by atoms with Gasteiger partial charge in [-0.1, -0.05) is 39.7 Å². The monoisotopic (exact) mass is 405 g/mol. The highest BCUT2D eigenvalue weighted by Gasteiger charge is 2.20. The lowest BCUT2D eigenvalue weighted by atomic mass is 10.1. The van der Waals surface area contributed by atoms with Crippen LogP contribution in [0, 0.1) is 5.82 Å². The van der Waals surface area contributed by atoms with Crippen LogP contribution >= 0.6 is 27.5 Å². The summed E-state index contributed by atoms with van der Waals surface area (Å²) in [5, 5.41) is 0.00901. The molecule has 0 aliphatic carbocycles. The standard InChI is InChI=1S/C14H10BrClFNO3S/c15-11-6-5-10(17)7-9(11)8-14(19)18-22(20,21)13-4-2-1-3-12(13)16/h1-7H,8H2,(H,18,19). The Morgan fingerprint density at radius 3 is 2.59 bits per heavy atom. The molecule has 0 radical (unpaired) electrons. The summed E-state index contributed by atoms with van der Waals surface area (Å²) >= 11 is 8.99. The van der Waals surface area contributed by atoms with Crippen LogP contribution in [-0.2, 0) is 21.2 Å². The molecule has 0 saturated heterocycles. The van der Waals surface area contributed by atoms with Crippen molar-refractivity contribution in [2.75, 3.05) is 0 Å². The fourth-order valence-electron chi connectivity index (χ4n) is 1.76. The van der Waals surface area contributed by atoms with Crippen LogP contribution in [-0.4, -0.2) is 14.3 Å². The molecule has 1 N–H and O–H groups in total. The Morgan fingerprint density at radius 2 is 1.91 bits per heavy atom. The number of halogens is 3. The van der Waals surface area contributed by atoms with Gasteiger partial charge < -0.3 is 0 Å². The average Bonchev–Trinajstić information content (AvgIpc) is 2.42. The SMILES string of the molecule is O=C(Cc1cc(F)ccc1Br)NS(=O)(=O)c1ccccc1Cl. The van der Waals surface area contributed by atoms with Crippen LogP contribution in [0.2, 0.25) is 5.02 Å². The van der Waals surface area contributed by atoms with Crippen LogP contribution in [0.4, 0.5) is 4.39 Å². The molecule has 0 unspecified atom stereocenters. The van der Waals surface area contributed by atoms with Crippen molar-refractivity contribution in [2.45, 2.75) is 11.3 Å². The normalized spacial score (nSPS) is 11.2. The third-order valence-electron chi connectivity index (χ3n) is 2.73. The van der Waals surface area contributed by atoms with E-state index >= 15 is 0 Å². The Labute approximate surface area is 140 Å². The van der Waals surface area contributed by atoms with Crippen LogP contribution in [0.1, 0.15) is 5.56 Å². The van der Waals surface area contributed by atoms with Gasteiger partial charge in [0.2, 0.25) is 5.91 Å². The average molecular weight is 407 g/mol. The molecule has 0 atom stereocenters. The number of hydrogen-bond donors (Lipinski definition) is 1. The zero-order valence-electron chi connectivity index (χ0n) is 11.0. The van der Waals surface area contributed by atoms with E-state index in [0.717, 1.165) is 6.07 Å². The predicted octanol–water partition coefficient (Wildman–Crippen LogP) is 3.29. The number of benzene rings is 2. The van der Waals surface area contributed by atoms with E-state index in [1.54, 1.807) is 6.07 Å². The maximum absolute atomic E-state index is 13.2. The first-order valence-corrected chi connectivity index (χ1v) is 8.69. The fourth-order valence-corrected chi connectivity index (χ4v) is 3.65. The molecule has 0 heterocycles. The fraction of sp³-hybridized carbons (Fsp3) is 0.0714. The molecule has 0 aliphatic rings. The summed E-state index contributed by atoms with van der Waals surface area (Å²) in [5.74, 6) is -1.30. The minimum absolute atomic E-state index is 0.00901. The van der Waals surface area contributed by atoms with Gasteiger partial charge in [-0.05, 0) is 35.9 Å². The molecule has 0 aromatic heterocycles. The quantitative estimate of drug-likeness (QED) is 0.847. The first kappa shape index (κ1) is 16.9. The minimum Gasteiger partial charge on any atom is -0.274 e. The molecule has 8 heteroatoms. The van der Waals surface area contributed by atoms with Gasteiger partial charge in [-0.25, -0.2) is 17.5 Å². The van der Waals surface area contributed by atoms with E-state index in [9.17, 15) is 17.6 Å². The molecule has 4 nitrogen and oxygen atoms in total. The van der Waals surface area contributed by atoms with Crippen molar-refractivity contribution in [2.24, 2.45) is 0 Å². The van der Waals surface area contributed by atoms with Crippen LogP contribution < -0.4 is 4.72 Å². The molecule has 2 aromatic carbocycles. The summed E-state index contributed by atoms with van der Waals surface area (Å²) in [6, 6.07) is 9.60. The van der Waals surface area contributed by atoms with Gasteiger partial charge in [0.15, 0.2) is 0 Å². The van der Waals surface area contributed by atoms with Gasteiger partial charge in [-0.2, -0.15) is 0 Å². The highest BCUT2D eigenvalue weighted by Crippen LogP contribution is 2.21. The predicted molar refractivity (Wildman–Crippen MR) is 84.6 cm³/mol. The third-order valence-corrected chi connectivity index (χ3v) is 5.38. The lowest BCUT2D eigenvalue weighted by molar-refractivity contribution is -0.118. The summed E-state index contributed by atoms with van der Waals surface area (Å²) in [5.41, 5.74) is 0.340. The Bertz CT molecular complexity index is 827. The zero-order valence-corrected chi connectivity index (χ0v) is 14.2. The Balaban J connectivity index is 2.18. The van der Waals surface area contributed by atoms with E-state index in [1.807, 2.05) is 4.72 Å². The third kappa shape index (κ3) is 4.06. The molecule has 0 bridgehead atoms. The molecule has 0 aliphatic heterocycles. The van der Waals surface area contributed by atoms with Crippen molar-refractivity contribution >= 4 is 43.5 Å². The maximum Gasteiger partial charge on any atom is 0.265 e. The first-order chi connectivity index (χ1) is 10.3. The van der Waals surface area contributed by atoms with E-state index in [-0.39, 0.29) is 16.3 Å². The van der Waals surface area contributed by atoms with Gasteiger partial charge in [0.05, 0.1) is 11.4 Å². The topological polar surface area (TPSA) is 63.2 Å². The minimum atomic E-state index is -4.07. The lowest BCUT2D eigenvalue weighted by Crippen LogP contribution is -2.32. The molecule has 22 heavy (non-hydrogen) atoms. The van der Waals surface area contributed by atoms with E-state index < -0.39 is 21.7 Å². The zero-order chi connectivity index (χ0) is 16.3. The molecule has 0 saturated carbocycles. The van der Waals surface area contributed by atoms with Gasteiger partial charge in [-0.15, -0.1) is 0 Å². The molecule has 2 aromatic rings. The van der Waals surface area contributed by atoms with Gasteiger partial charge >= 0.3 is 0 Å². The number of rotatable bonds is 4. The van der Waals surface area contributed by atoms with E-state index in [4.69, 9.17) is 11.6 Å². The van der Waals surface area contributed by atoms with Crippen molar-refractivity contribution in [3.8, 4) is 0 Å². The number of amides is 1. The van der Waals surface area contributed by atoms with Crippen LogP contribution in [0.15, 0.2) is 51.8 Å². The molecule has 2 rings (SSSR count). The smallest absolute Gasteiger partial charge is 0.265 e. The van der Waals surface area contributed by atoms with Gasteiger partial charge in [-0.3, -0.25) is 4.79 Å². The molecule has 0 spiro atoms. The summed E-state index contributed by atoms with van der Waals surface area (Å²) in [7, 11) is -4.07. The second kappa shape index (κ2) is 6.76. The van der Waals surface area contributed by atoms with E-state index in [0.29, 0.717) is 10.0 Å². The Morgan fingerprint density at radius 1 is 1.23 bits per heavy atom. The largest absolute Gasteiger partial charge is 0.274 e. The number of carbonyl (C=O) groups is 1. The molecule has 0 fully saturated rings. The highest BCUT2D eigenvalue weighted by atomic mass is 79.9. The van der Waals surface area contributed by atoms with E-state index in [1.165, 1.54) is 30.3 Å². The number of carbonyl (C=O) groups excluding carboxylic acids is 1. The molecule has 116 valence electrons. The maximum atomic E-state index is 13.2. The summed E-state index contributed by atoms with van der Waals surface area (Å²) in [6.45, 7) is 0. The Kier molecular flexibility index (Phi) is 5.20. The van der Waals surface area contributed by atoms with Gasteiger partial charge in [0.1, 0.15) is 10.7 Å². The highest BCUT2D eigenvalue weighted by molar-refractivity contribution is 9.10. The summed E-state index contributed by atoms with van der Waals surface area (Å²) in [4.78, 5) is 11.7. The Hall–Kier alpha value is -1.44. The first-order valence-electron chi connectivity index (χ1n) is 6.04. The van der Waals surface area contributed by atoms with Crippen molar-refractivity contribution in [1.82, 2.24) is 4.72 Å². The van der Waals surface area contributed by atoms with Crippen LogP contribution in [0.3, 0.4) is 0 Å². The van der Waals surface area contributed by atoms with Crippen molar-refractivity contribution in [3.63, 3.8) is 0 Å². The van der Waals surface area contributed by atoms with Crippen molar-refractivity contribution < 1.29 is 17.6 Å².